The van der Waals surface area contributed by atoms with E-state index in [1.165, 1.54) is 17.0 Å². The molecule has 2 aromatic heterocycles. The van der Waals surface area contributed by atoms with Crippen LogP contribution in [0, 0.1) is 11.3 Å². The van der Waals surface area contributed by atoms with Crippen LogP contribution in [0.1, 0.15) is 18.5 Å². The molecule has 130 valence electrons. The van der Waals surface area contributed by atoms with Gasteiger partial charge in [0.2, 0.25) is 15.9 Å². The third-order valence-corrected chi connectivity index (χ3v) is 5.43. The standard InChI is InChI=1S/C15H16N6O3S/c1-20-14(6-7-18-20)21-8-2-3-13(15(21)22)19-25(23,24)12-5-4-11(9-16)17-10-12/h4-7,10,13,19H,2-3,8H2,1H3/t13-/m0/s1. The van der Waals surface area contributed by atoms with Gasteiger partial charge in [0, 0.05) is 25.9 Å². The average Bonchev–Trinajstić information content (AvgIpc) is 3.02. The Morgan fingerprint density at radius 2 is 2.16 bits per heavy atom. The highest BCUT2D eigenvalue weighted by Crippen LogP contribution is 2.21. The van der Waals surface area contributed by atoms with E-state index in [2.05, 4.69) is 14.8 Å². The topological polar surface area (TPSA) is 121 Å². The number of carbonyl (C=O) groups is 1. The third kappa shape index (κ3) is 3.38. The number of sulfonamides is 1. The zero-order valence-corrected chi connectivity index (χ0v) is 14.3. The summed E-state index contributed by atoms with van der Waals surface area (Å²) in [4.78, 5) is 17.9. The Bertz CT molecular complexity index is 929. The molecule has 1 amide bonds. The van der Waals surface area contributed by atoms with Crippen LogP contribution >= 0.6 is 0 Å². The minimum atomic E-state index is -3.91. The van der Waals surface area contributed by atoms with Gasteiger partial charge in [-0.3, -0.25) is 14.4 Å². The van der Waals surface area contributed by atoms with Crippen LogP contribution in [0.15, 0.2) is 35.5 Å². The fourth-order valence-corrected chi connectivity index (χ4v) is 3.87. The van der Waals surface area contributed by atoms with Crippen LogP contribution in [0.25, 0.3) is 0 Å². The monoisotopic (exact) mass is 360 g/mol. The summed E-state index contributed by atoms with van der Waals surface area (Å²) in [5, 5.41) is 12.8. The Hall–Kier alpha value is -2.77. The van der Waals surface area contributed by atoms with Crippen LogP contribution in [-0.2, 0) is 21.9 Å². The molecule has 1 saturated heterocycles. The number of pyridine rings is 1. The molecule has 0 unspecified atom stereocenters. The summed E-state index contributed by atoms with van der Waals surface area (Å²) in [5.41, 5.74) is 0.120. The lowest BCUT2D eigenvalue weighted by molar-refractivity contribution is -0.121. The number of hydrogen-bond acceptors (Lipinski definition) is 6. The average molecular weight is 360 g/mol. The maximum Gasteiger partial charge on any atom is 0.246 e. The second kappa shape index (κ2) is 6.62. The molecule has 0 bridgehead atoms. The van der Waals surface area contributed by atoms with E-state index < -0.39 is 16.1 Å². The van der Waals surface area contributed by atoms with E-state index in [4.69, 9.17) is 5.26 Å². The maximum absolute atomic E-state index is 12.7. The summed E-state index contributed by atoms with van der Waals surface area (Å²) in [6, 6.07) is 5.29. The van der Waals surface area contributed by atoms with Crippen LogP contribution < -0.4 is 9.62 Å². The van der Waals surface area contributed by atoms with Crippen molar-refractivity contribution in [2.75, 3.05) is 11.4 Å². The first-order chi connectivity index (χ1) is 11.9. The zero-order valence-electron chi connectivity index (χ0n) is 13.5. The molecular formula is C15H16N6O3S. The van der Waals surface area contributed by atoms with Crippen molar-refractivity contribution in [2.24, 2.45) is 7.05 Å². The molecule has 1 atom stereocenters. The first-order valence-electron chi connectivity index (χ1n) is 7.60. The summed E-state index contributed by atoms with van der Waals surface area (Å²) < 4.78 is 29.0. The minimum Gasteiger partial charge on any atom is -0.296 e. The number of anilines is 1. The minimum absolute atomic E-state index is 0.0862. The molecule has 1 N–H and O–H groups in total. The van der Waals surface area contributed by atoms with E-state index >= 15 is 0 Å². The van der Waals surface area contributed by atoms with Gasteiger partial charge < -0.3 is 0 Å². The molecule has 0 aliphatic carbocycles. The van der Waals surface area contributed by atoms with E-state index in [0.717, 1.165) is 6.20 Å². The third-order valence-electron chi connectivity index (χ3n) is 3.97. The van der Waals surface area contributed by atoms with E-state index in [1.807, 2.05) is 6.07 Å². The number of nitrogens with one attached hydrogen (secondary N) is 1. The van der Waals surface area contributed by atoms with Crippen molar-refractivity contribution in [3.05, 3.63) is 36.3 Å². The van der Waals surface area contributed by atoms with Gasteiger partial charge in [0.15, 0.2) is 0 Å². The molecule has 3 heterocycles. The second-order valence-electron chi connectivity index (χ2n) is 5.61. The zero-order chi connectivity index (χ0) is 18.0. The van der Waals surface area contributed by atoms with E-state index in [-0.39, 0.29) is 16.5 Å². The van der Waals surface area contributed by atoms with Gasteiger partial charge in [0.05, 0.1) is 6.20 Å². The number of aryl methyl sites for hydroxylation is 1. The predicted molar refractivity (Wildman–Crippen MR) is 87.9 cm³/mol. The molecule has 1 aliphatic rings. The molecule has 1 fully saturated rings. The number of nitrogens with zero attached hydrogens (tertiary/aromatic N) is 5. The van der Waals surface area contributed by atoms with Gasteiger partial charge in [0.1, 0.15) is 28.5 Å². The van der Waals surface area contributed by atoms with Crippen molar-refractivity contribution in [3.63, 3.8) is 0 Å². The van der Waals surface area contributed by atoms with E-state index in [0.29, 0.717) is 25.2 Å². The molecule has 10 heteroatoms. The molecule has 0 aromatic carbocycles. The lowest BCUT2D eigenvalue weighted by Crippen LogP contribution is -2.52. The number of aromatic nitrogens is 3. The Balaban J connectivity index is 1.80. The Kier molecular flexibility index (Phi) is 4.52. The van der Waals surface area contributed by atoms with Gasteiger partial charge in [-0.05, 0) is 25.0 Å². The molecule has 0 saturated carbocycles. The Morgan fingerprint density at radius 1 is 1.36 bits per heavy atom. The number of piperidine rings is 1. The first-order valence-corrected chi connectivity index (χ1v) is 9.08. The Morgan fingerprint density at radius 3 is 2.76 bits per heavy atom. The lowest BCUT2D eigenvalue weighted by Gasteiger charge is -2.32. The van der Waals surface area contributed by atoms with E-state index in [1.54, 1.807) is 24.0 Å². The first kappa shape index (κ1) is 17.1. The summed E-state index contributed by atoms with van der Waals surface area (Å²) >= 11 is 0. The molecule has 25 heavy (non-hydrogen) atoms. The van der Waals surface area contributed by atoms with E-state index in [9.17, 15) is 13.2 Å². The molecule has 9 nitrogen and oxygen atoms in total. The van der Waals surface area contributed by atoms with Crippen molar-refractivity contribution in [3.8, 4) is 6.07 Å². The second-order valence-corrected chi connectivity index (χ2v) is 7.32. The van der Waals surface area contributed by atoms with Gasteiger partial charge in [-0.15, -0.1) is 0 Å². The number of hydrogen-bond donors (Lipinski definition) is 1. The molecule has 0 radical (unpaired) electrons. The van der Waals surface area contributed by atoms with Gasteiger partial charge in [-0.1, -0.05) is 0 Å². The molecule has 1 aliphatic heterocycles. The smallest absolute Gasteiger partial charge is 0.246 e. The summed E-state index contributed by atoms with van der Waals surface area (Å²) in [6.45, 7) is 0.509. The predicted octanol–water partition coefficient (Wildman–Crippen LogP) is 0.161. The number of rotatable bonds is 4. The summed E-state index contributed by atoms with van der Waals surface area (Å²) in [7, 11) is -2.19. The highest BCUT2D eigenvalue weighted by molar-refractivity contribution is 7.89. The number of nitriles is 1. The van der Waals surface area contributed by atoms with Gasteiger partial charge in [-0.2, -0.15) is 15.1 Å². The van der Waals surface area contributed by atoms with Crippen LogP contribution in [0.2, 0.25) is 0 Å². The number of carbonyl (C=O) groups excluding carboxylic acids is 1. The van der Waals surface area contributed by atoms with Gasteiger partial charge >= 0.3 is 0 Å². The quantitative estimate of drug-likeness (QED) is 0.829. The van der Waals surface area contributed by atoms with Crippen molar-refractivity contribution >= 4 is 21.7 Å². The fraction of sp³-hybridized carbons (Fsp3) is 0.333. The highest BCUT2D eigenvalue weighted by atomic mass is 32.2. The maximum atomic E-state index is 12.7. The normalized spacial score (nSPS) is 18.2. The van der Waals surface area contributed by atoms with Crippen LogP contribution in [-0.4, -0.2) is 41.7 Å². The molecular weight excluding hydrogens is 344 g/mol. The molecule has 2 aromatic rings. The van der Waals surface area contributed by atoms with Crippen molar-refractivity contribution in [1.29, 1.82) is 5.26 Å². The summed E-state index contributed by atoms with van der Waals surface area (Å²) in [5.74, 6) is 0.300. The lowest BCUT2D eigenvalue weighted by atomic mass is 10.1. The van der Waals surface area contributed by atoms with Crippen LogP contribution in [0.3, 0.4) is 0 Å². The van der Waals surface area contributed by atoms with Crippen LogP contribution in [0.4, 0.5) is 5.82 Å². The fourth-order valence-electron chi connectivity index (χ4n) is 2.70. The highest BCUT2D eigenvalue weighted by Gasteiger charge is 2.34. The number of amides is 1. The van der Waals surface area contributed by atoms with Crippen LogP contribution in [0.5, 0.6) is 0 Å². The van der Waals surface area contributed by atoms with Crippen molar-refractivity contribution < 1.29 is 13.2 Å². The molecule has 0 spiro atoms. The summed E-state index contributed by atoms with van der Waals surface area (Å²) in [6.07, 6.45) is 3.76. The largest absolute Gasteiger partial charge is 0.296 e. The molecule has 3 rings (SSSR count). The van der Waals surface area contributed by atoms with Crippen molar-refractivity contribution in [2.45, 2.75) is 23.8 Å². The SMILES string of the molecule is Cn1nccc1N1CCC[C@H](NS(=O)(=O)c2ccc(C#N)nc2)C1=O. The van der Waals surface area contributed by atoms with Gasteiger partial charge in [-0.25, -0.2) is 13.4 Å². The Labute approximate surface area is 144 Å². The van der Waals surface area contributed by atoms with Gasteiger partial charge in [0.25, 0.3) is 0 Å². The van der Waals surface area contributed by atoms with Crippen molar-refractivity contribution in [1.82, 2.24) is 19.5 Å².